The number of ether oxygens (including phenoxy) is 1. The molecule has 2 aromatic rings. The molecule has 7 heteroatoms. The summed E-state index contributed by atoms with van der Waals surface area (Å²) < 4.78 is 19.9. The summed E-state index contributed by atoms with van der Waals surface area (Å²) in [5.74, 6) is -0.476. The van der Waals surface area contributed by atoms with Crippen LogP contribution in [0.4, 0.5) is 4.39 Å². The van der Waals surface area contributed by atoms with E-state index in [0.717, 1.165) is 3.57 Å². The Bertz CT molecular complexity index is 750. The van der Waals surface area contributed by atoms with Crippen LogP contribution in [-0.4, -0.2) is 31.5 Å². The number of benzene rings is 2. The molecule has 25 heavy (non-hydrogen) atoms. The third-order valence-electron chi connectivity index (χ3n) is 3.35. The molecule has 0 aliphatic rings. The van der Waals surface area contributed by atoms with Crippen LogP contribution in [0.1, 0.15) is 15.9 Å². The Kier molecular flexibility index (Phi) is 7.17. The summed E-state index contributed by atoms with van der Waals surface area (Å²) in [4.78, 5) is 23.6. The average molecular weight is 456 g/mol. The van der Waals surface area contributed by atoms with Gasteiger partial charge in [0.2, 0.25) is 0 Å². The third-order valence-corrected chi connectivity index (χ3v) is 4.07. The molecule has 0 fully saturated rings. The first-order chi connectivity index (χ1) is 12.0. The van der Waals surface area contributed by atoms with Gasteiger partial charge in [0.25, 0.3) is 11.8 Å². The van der Waals surface area contributed by atoms with E-state index in [1.54, 1.807) is 31.2 Å². The van der Waals surface area contributed by atoms with Gasteiger partial charge in [-0.25, -0.2) is 4.39 Å². The van der Waals surface area contributed by atoms with Crippen molar-refractivity contribution < 1.29 is 18.7 Å². The van der Waals surface area contributed by atoms with Crippen molar-refractivity contribution >= 4 is 34.4 Å². The zero-order chi connectivity index (χ0) is 18.2. The van der Waals surface area contributed by atoms with E-state index >= 15 is 0 Å². The second kappa shape index (κ2) is 9.36. The summed E-state index contributed by atoms with van der Waals surface area (Å²) in [7, 11) is 0. The molecule has 0 atom stereocenters. The minimum atomic E-state index is -0.422. The number of carbonyl (C=O) groups is 2. The predicted octanol–water partition coefficient (Wildman–Crippen LogP) is 2.66. The van der Waals surface area contributed by atoms with Gasteiger partial charge in [0.1, 0.15) is 11.6 Å². The largest absolute Gasteiger partial charge is 0.484 e. The minimum Gasteiger partial charge on any atom is -0.484 e. The molecule has 0 spiro atoms. The SMILES string of the molecule is Cc1ccc(C(=O)NCCNC(=O)COc2ccc(I)cc2)cc1F. The van der Waals surface area contributed by atoms with E-state index in [9.17, 15) is 14.0 Å². The second-order valence-corrected chi connectivity index (χ2v) is 6.56. The van der Waals surface area contributed by atoms with Crippen molar-refractivity contribution in [2.45, 2.75) is 6.92 Å². The maximum atomic E-state index is 13.4. The Labute approximate surface area is 159 Å². The van der Waals surface area contributed by atoms with E-state index < -0.39 is 5.82 Å². The van der Waals surface area contributed by atoms with Crippen molar-refractivity contribution in [3.8, 4) is 5.75 Å². The molecule has 0 saturated heterocycles. The molecule has 2 aromatic carbocycles. The monoisotopic (exact) mass is 456 g/mol. The van der Waals surface area contributed by atoms with E-state index in [2.05, 4.69) is 33.2 Å². The molecule has 5 nitrogen and oxygen atoms in total. The molecule has 2 N–H and O–H groups in total. The molecule has 0 aliphatic carbocycles. The lowest BCUT2D eigenvalue weighted by Crippen LogP contribution is -2.36. The Balaban J connectivity index is 1.66. The highest BCUT2D eigenvalue weighted by atomic mass is 127. The molecule has 2 rings (SSSR count). The molecular weight excluding hydrogens is 438 g/mol. The Morgan fingerprint density at radius 3 is 2.44 bits per heavy atom. The summed E-state index contributed by atoms with van der Waals surface area (Å²) in [6.07, 6.45) is 0. The van der Waals surface area contributed by atoms with Crippen LogP contribution in [0.5, 0.6) is 5.75 Å². The standard InChI is InChI=1S/C18H18FIN2O3/c1-12-2-3-13(10-16(12)19)18(24)22-9-8-21-17(23)11-25-15-6-4-14(20)5-7-15/h2-7,10H,8-9,11H2,1H3,(H,21,23)(H,22,24). The van der Waals surface area contributed by atoms with Gasteiger partial charge in [0.05, 0.1) is 0 Å². The van der Waals surface area contributed by atoms with Gasteiger partial charge in [-0.15, -0.1) is 0 Å². The van der Waals surface area contributed by atoms with Crippen LogP contribution in [0.15, 0.2) is 42.5 Å². The highest BCUT2D eigenvalue weighted by Gasteiger charge is 2.08. The maximum Gasteiger partial charge on any atom is 0.258 e. The van der Waals surface area contributed by atoms with Crippen molar-refractivity contribution in [3.05, 3.63) is 63.0 Å². The van der Waals surface area contributed by atoms with E-state index in [-0.39, 0.29) is 37.1 Å². The van der Waals surface area contributed by atoms with Crippen molar-refractivity contribution in [2.75, 3.05) is 19.7 Å². The molecular formula is C18H18FIN2O3. The summed E-state index contributed by atoms with van der Waals surface area (Å²) in [5.41, 5.74) is 0.730. The number of aryl methyl sites for hydroxylation is 1. The highest BCUT2D eigenvalue weighted by molar-refractivity contribution is 14.1. The van der Waals surface area contributed by atoms with Gasteiger partial charge < -0.3 is 15.4 Å². The smallest absolute Gasteiger partial charge is 0.258 e. The van der Waals surface area contributed by atoms with E-state index in [4.69, 9.17) is 4.74 Å². The number of rotatable bonds is 7. The molecule has 0 heterocycles. The number of hydrogen-bond acceptors (Lipinski definition) is 3. The topological polar surface area (TPSA) is 67.4 Å². The van der Waals surface area contributed by atoms with Crippen LogP contribution < -0.4 is 15.4 Å². The van der Waals surface area contributed by atoms with Gasteiger partial charge in [-0.2, -0.15) is 0 Å². The maximum absolute atomic E-state index is 13.4. The van der Waals surface area contributed by atoms with Crippen LogP contribution in [-0.2, 0) is 4.79 Å². The van der Waals surface area contributed by atoms with E-state index in [0.29, 0.717) is 11.3 Å². The highest BCUT2D eigenvalue weighted by Crippen LogP contribution is 2.13. The van der Waals surface area contributed by atoms with Gasteiger partial charge >= 0.3 is 0 Å². The van der Waals surface area contributed by atoms with Gasteiger partial charge in [0, 0.05) is 22.2 Å². The number of carbonyl (C=O) groups excluding carboxylic acids is 2. The average Bonchev–Trinajstić information content (AvgIpc) is 2.60. The summed E-state index contributed by atoms with van der Waals surface area (Å²) in [5, 5.41) is 5.26. The van der Waals surface area contributed by atoms with E-state index in [1.165, 1.54) is 6.07 Å². The predicted molar refractivity (Wildman–Crippen MR) is 101 cm³/mol. The van der Waals surface area contributed by atoms with Crippen LogP contribution in [0.25, 0.3) is 0 Å². The molecule has 0 unspecified atom stereocenters. The van der Waals surface area contributed by atoms with Crippen molar-refractivity contribution in [2.24, 2.45) is 0 Å². The number of halogens is 2. The zero-order valence-corrected chi connectivity index (χ0v) is 15.8. The summed E-state index contributed by atoms with van der Waals surface area (Å²) in [6, 6.07) is 11.6. The van der Waals surface area contributed by atoms with Crippen molar-refractivity contribution in [1.29, 1.82) is 0 Å². The van der Waals surface area contributed by atoms with Crippen molar-refractivity contribution in [1.82, 2.24) is 10.6 Å². The molecule has 0 aromatic heterocycles. The number of nitrogens with one attached hydrogen (secondary N) is 2. The normalized spacial score (nSPS) is 10.2. The fourth-order valence-electron chi connectivity index (χ4n) is 1.94. The molecule has 132 valence electrons. The minimum absolute atomic E-state index is 0.0995. The Hall–Kier alpha value is -2.16. The first-order valence-electron chi connectivity index (χ1n) is 7.65. The van der Waals surface area contributed by atoms with E-state index in [1.807, 2.05) is 12.1 Å². The van der Waals surface area contributed by atoms with Crippen LogP contribution in [0, 0.1) is 16.3 Å². The molecule has 0 aliphatic heterocycles. The first kappa shape index (κ1) is 19.2. The summed E-state index contributed by atoms with van der Waals surface area (Å²) in [6.45, 7) is 2.03. The molecule has 0 saturated carbocycles. The Morgan fingerprint density at radius 1 is 1.08 bits per heavy atom. The van der Waals surface area contributed by atoms with Gasteiger partial charge in [-0.1, -0.05) is 6.07 Å². The van der Waals surface area contributed by atoms with Gasteiger partial charge in [-0.05, 0) is 71.5 Å². The lowest BCUT2D eigenvalue weighted by atomic mass is 10.1. The van der Waals surface area contributed by atoms with Gasteiger partial charge in [-0.3, -0.25) is 9.59 Å². The Morgan fingerprint density at radius 2 is 1.76 bits per heavy atom. The molecule has 2 amide bonds. The fraction of sp³-hybridized carbons (Fsp3) is 0.222. The molecule has 0 bridgehead atoms. The lowest BCUT2D eigenvalue weighted by molar-refractivity contribution is -0.123. The lowest BCUT2D eigenvalue weighted by Gasteiger charge is -2.09. The molecule has 0 radical (unpaired) electrons. The second-order valence-electron chi connectivity index (χ2n) is 5.31. The number of amides is 2. The van der Waals surface area contributed by atoms with Crippen LogP contribution in [0.3, 0.4) is 0 Å². The third kappa shape index (κ3) is 6.33. The van der Waals surface area contributed by atoms with Crippen molar-refractivity contribution in [3.63, 3.8) is 0 Å². The number of hydrogen-bond donors (Lipinski definition) is 2. The van der Waals surface area contributed by atoms with Gasteiger partial charge in [0.15, 0.2) is 6.61 Å². The fourth-order valence-corrected chi connectivity index (χ4v) is 2.30. The van der Waals surface area contributed by atoms with Crippen LogP contribution in [0.2, 0.25) is 0 Å². The van der Waals surface area contributed by atoms with Crippen LogP contribution >= 0.6 is 22.6 Å². The zero-order valence-electron chi connectivity index (χ0n) is 13.6. The quantitative estimate of drug-likeness (QED) is 0.498. The summed E-state index contributed by atoms with van der Waals surface area (Å²) >= 11 is 2.18. The first-order valence-corrected chi connectivity index (χ1v) is 8.73.